The number of hydrogen-bond acceptors (Lipinski definition) is 5. The standard InChI is InChI=1S/C27H22N4OS/c32-27(31-14-11-18(12-15-31)26-30-23-9-3-4-10-25(23)33-26)21-16-24(19-6-5-13-28-17-19)29-22-8-2-1-7-20(21)22/h1-10,13,16-18H,11-12,14-15H2. The summed E-state index contributed by atoms with van der Waals surface area (Å²) in [6, 6.07) is 21.9. The van der Waals surface area contributed by atoms with Gasteiger partial charge in [-0.15, -0.1) is 11.3 Å². The van der Waals surface area contributed by atoms with Crippen molar-refractivity contribution in [2.24, 2.45) is 0 Å². The van der Waals surface area contributed by atoms with E-state index < -0.39 is 0 Å². The van der Waals surface area contributed by atoms with Gasteiger partial charge in [0.2, 0.25) is 0 Å². The SMILES string of the molecule is O=C(c1cc(-c2cccnc2)nc2ccccc12)N1CCC(c2nc3ccccc3s2)CC1. The molecule has 0 spiro atoms. The molecule has 0 aliphatic carbocycles. The number of rotatable bonds is 3. The van der Waals surface area contributed by atoms with Gasteiger partial charge in [0.1, 0.15) is 0 Å². The molecule has 6 rings (SSSR count). The van der Waals surface area contributed by atoms with Crippen molar-refractivity contribution in [3.05, 3.63) is 89.7 Å². The van der Waals surface area contributed by atoms with E-state index in [9.17, 15) is 4.79 Å². The highest BCUT2D eigenvalue weighted by atomic mass is 32.1. The summed E-state index contributed by atoms with van der Waals surface area (Å²) in [5.74, 6) is 0.480. The molecule has 1 fully saturated rings. The van der Waals surface area contributed by atoms with E-state index in [1.54, 1.807) is 23.7 Å². The van der Waals surface area contributed by atoms with E-state index in [0.29, 0.717) is 11.5 Å². The van der Waals surface area contributed by atoms with Gasteiger partial charge in [0, 0.05) is 42.4 Å². The van der Waals surface area contributed by atoms with E-state index >= 15 is 0 Å². The first kappa shape index (κ1) is 20.0. The number of piperidine rings is 1. The van der Waals surface area contributed by atoms with Crippen molar-refractivity contribution in [1.29, 1.82) is 0 Å². The largest absolute Gasteiger partial charge is 0.339 e. The number of aromatic nitrogens is 3. The number of likely N-dealkylation sites (tertiary alicyclic amines) is 1. The van der Waals surface area contributed by atoms with E-state index in [2.05, 4.69) is 23.2 Å². The number of benzene rings is 2. The summed E-state index contributed by atoms with van der Waals surface area (Å²) in [6.45, 7) is 1.47. The maximum Gasteiger partial charge on any atom is 0.254 e. The fourth-order valence-corrected chi connectivity index (χ4v) is 5.72. The molecule has 0 saturated carbocycles. The van der Waals surface area contributed by atoms with Crippen LogP contribution in [0, 0.1) is 0 Å². The van der Waals surface area contributed by atoms with E-state index in [1.165, 1.54) is 9.71 Å². The number of amides is 1. The van der Waals surface area contributed by atoms with Crippen LogP contribution in [0.1, 0.15) is 34.1 Å². The Balaban J connectivity index is 1.28. The highest BCUT2D eigenvalue weighted by Gasteiger charge is 2.27. The number of fused-ring (bicyclic) bond motifs is 2. The van der Waals surface area contributed by atoms with E-state index in [4.69, 9.17) is 9.97 Å². The molecule has 0 radical (unpaired) electrons. The first-order chi connectivity index (χ1) is 16.3. The fourth-order valence-electron chi connectivity index (χ4n) is 4.58. The van der Waals surface area contributed by atoms with Gasteiger partial charge >= 0.3 is 0 Å². The monoisotopic (exact) mass is 450 g/mol. The van der Waals surface area contributed by atoms with E-state index in [1.807, 2.05) is 53.4 Å². The third kappa shape index (κ3) is 3.76. The average Bonchev–Trinajstić information content (AvgIpc) is 3.33. The number of carbonyl (C=O) groups excluding carboxylic acids is 1. The van der Waals surface area contributed by atoms with Crippen molar-refractivity contribution in [3.8, 4) is 11.3 Å². The Kier molecular flexibility index (Phi) is 5.07. The third-order valence-corrected chi connectivity index (χ3v) is 7.54. The first-order valence-electron chi connectivity index (χ1n) is 11.2. The Morgan fingerprint density at radius 1 is 0.909 bits per heavy atom. The molecule has 1 aliphatic rings. The predicted octanol–water partition coefficient (Wildman–Crippen LogP) is 5.93. The molecule has 2 aromatic carbocycles. The van der Waals surface area contributed by atoms with Crippen LogP contribution in [0.2, 0.25) is 0 Å². The minimum absolute atomic E-state index is 0.0708. The van der Waals surface area contributed by atoms with Crippen LogP contribution < -0.4 is 0 Å². The minimum atomic E-state index is 0.0708. The number of hydrogen-bond donors (Lipinski definition) is 0. The maximum absolute atomic E-state index is 13.7. The summed E-state index contributed by atoms with van der Waals surface area (Å²) in [5, 5.41) is 2.08. The number of para-hydroxylation sites is 2. The highest BCUT2D eigenvalue weighted by Crippen LogP contribution is 2.34. The van der Waals surface area contributed by atoms with Gasteiger partial charge in [-0.2, -0.15) is 0 Å². The van der Waals surface area contributed by atoms with E-state index in [-0.39, 0.29) is 5.91 Å². The van der Waals surface area contributed by atoms with Gasteiger partial charge in [-0.3, -0.25) is 9.78 Å². The average molecular weight is 451 g/mol. The van der Waals surface area contributed by atoms with Gasteiger partial charge in [0.05, 0.1) is 32.0 Å². The lowest BCUT2D eigenvalue weighted by atomic mass is 9.96. The van der Waals surface area contributed by atoms with Crippen molar-refractivity contribution in [2.75, 3.05) is 13.1 Å². The molecule has 5 aromatic rings. The molecule has 0 atom stereocenters. The lowest BCUT2D eigenvalue weighted by molar-refractivity contribution is 0.0715. The molecule has 33 heavy (non-hydrogen) atoms. The first-order valence-corrected chi connectivity index (χ1v) is 12.0. The number of nitrogens with zero attached hydrogens (tertiary/aromatic N) is 4. The summed E-state index contributed by atoms with van der Waals surface area (Å²) >= 11 is 1.78. The van der Waals surface area contributed by atoms with Crippen molar-refractivity contribution >= 4 is 38.4 Å². The van der Waals surface area contributed by atoms with Gasteiger partial charge in [0.25, 0.3) is 5.91 Å². The molecule has 0 unspecified atom stereocenters. The quantitative estimate of drug-likeness (QED) is 0.342. The zero-order chi connectivity index (χ0) is 22.2. The van der Waals surface area contributed by atoms with Crippen molar-refractivity contribution in [3.63, 3.8) is 0 Å². The summed E-state index contributed by atoms with van der Waals surface area (Å²) in [5.41, 5.74) is 4.29. The Morgan fingerprint density at radius 3 is 2.48 bits per heavy atom. The van der Waals surface area contributed by atoms with Crippen LogP contribution >= 0.6 is 11.3 Å². The van der Waals surface area contributed by atoms with Gasteiger partial charge in [-0.1, -0.05) is 30.3 Å². The smallest absolute Gasteiger partial charge is 0.254 e. The number of pyridine rings is 2. The fraction of sp³-hybridized carbons (Fsp3) is 0.185. The molecule has 5 nitrogen and oxygen atoms in total. The van der Waals surface area contributed by atoms with Crippen molar-refractivity contribution in [1.82, 2.24) is 19.9 Å². The van der Waals surface area contributed by atoms with Crippen LogP contribution in [0.4, 0.5) is 0 Å². The second-order valence-corrected chi connectivity index (χ2v) is 9.46. The minimum Gasteiger partial charge on any atom is -0.339 e. The second-order valence-electron chi connectivity index (χ2n) is 8.40. The van der Waals surface area contributed by atoms with Gasteiger partial charge in [0.15, 0.2) is 0 Å². The van der Waals surface area contributed by atoms with Gasteiger partial charge in [-0.05, 0) is 49.2 Å². The highest BCUT2D eigenvalue weighted by molar-refractivity contribution is 7.18. The second kappa shape index (κ2) is 8.37. The summed E-state index contributed by atoms with van der Waals surface area (Å²) < 4.78 is 1.23. The van der Waals surface area contributed by atoms with E-state index in [0.717, 1.165) is 53.6 Å². The molecule has 1 saturated heterocycles. The normalized spacial score (nSPS) is 14.7. The molecule has 1 amide bonds. The zero-order valence-corrected chi connectivity index (χ0v) is 18.8. The molecule has 0 N–H and O–H groups in total. The zero-order valence-electron chi connectivity index (χ0n) is 18.0. The van der Waals surface area contributed by atoms with Crippen LogP contribution in [-0.4, -0.2) is 38.8 Å². The third-order valence-electron chi connectivity index (χ3n) is 6.35. The number of carbonyl (C=O) groups is 1. The van der Waals surface area contributed by atoms with Crippen LogP contribution in [0.15, 0.2) is 79.1 Å². The molecule has 0 bridgehead atoms. The molecular weight excluding hydrogens is 428 g/mol. The lowest BCUT2D eigenvalue weighted by Crippen LogP contribution is -2.38. The Morgan fingerprint density at radius 2 is 1.70 bits per heavy atom. The number of thiazole rings is 1. The molecule has 1 aliphatic heterocycles. The molecular formula is C27H22N4OS. The Hall–Kier alpha value is -3.64. The van der Waals surface area contributed by atoms with Gasteiger partial charge in [-0.25, -0.2) is 9.97 Å². The summed E-state index contributed by atoms with van der Waals surface area (Å²) in [6.07, 6.45) is 5.40. The van der Waals surface area contributed by atoms with Crippen LogP contribution in [0.3, 0.4) is 0 Å². The van der Waals surface area contributed by atoms with Gasteiger partial charge < -0.3 is 4.90 Å². The molecule has 3 aromatic heterocycles. The van der Waals surface area contributed by atoms with Crippen molar-refractivity contribution < 1.29 is 4.79 Å². The maximum atomic E-state index is 13.7. The van der Waals surface area contributed by atoms with Crippen LogP contribution in [0.5, 0.6) is 0 Å². The lowest BCUT2D eigenvalue weighted by Gasteiger charge is -2.31. The molecule has 4 heterocycles. The summed E-state index contributed by atoms with van der Waals surface area (Å²) in [7, 11) is 0. The summed E-state index contributed by atoms with van der Waals surface area (Å²) in [4.78, 5) is 29.5. The van der Waals surface area contributed by atoms with Crippen molar-refractivity contribution in [2.45, 2.75) is 18.8 Å². The molecule has 6 heteroatoms. The Bertz CT molecular complexity index is 1420. The van der Waals surface area contributed by atoms with Crippen LogP contribution in [-0.2, 0) is 0 Å². The van der Waals surface area contributed by atoms with Crippen LogP contribution in [0.25, 0.3) is 32.4 Å². The molecule has 162 valence electrons. The topological polar surface area (TPSA) is 59.0 Å². The predicted molar refractivity (Wildman–Crippen MR) is 132 cm³/mol. The Labute approximate surface area is 195 Å².